The van der Waals surface area contributed by atoms with Crippen molar-refractivity contribution in [2.45, 2.75) is 6.92 Å². The van der Waals surface area contributed by atoms with E-state index in [4.69, 9.17) is 0 Å². The highest BCUT2D eigenvalue weighted by atomic mass is 79.9. The van der Waals surface area contributed by atoms with E-state index in [0.29, 0.717) is 0 Å². The first kappa shape index (κ1) is 9.13. The lowest BCUT2D eigenvalue weighted by atomic mass is 10.2. The molecule has 1 rings (SSSR count). The van der Waals surface area contributed by atoms with Crippen LogP contribution in [0, 0.1) is 6.92 Å². The van der Waals surface area contributed by atoms with Gasteiger partial charge in [0, 0.05) is 4.47 Å². The van der Waals surface area contributed by atoms with Gasteiger partial charge in [0.1, 0.15) is 0 Å². The zero-order valence-corrected chi connectivity index (χ0v) is 8.43. The Morgan fingerprint density at radius 2 is 1.92 bits per heavy atom. The van der Waals surface area contributed by atoms with E-state index in [9.17, 15) is 0 Å². The normalized spacial score (nSPS) is 9.50. The molecular formula is C9H9BrN2. The number of benzene rings is 1. The Hall–Kier alpha value is -0.960. The van der Waals surface area contributed by atoms with E-state index < -0.39 is 0 Å². The van der Waals surface area contributed by atoms with E-state index in [-0.39, 0.29) is 0 Å². The van der Waals surface area contributed by atoms with Gasteiger partial charge in [0.15, 0.2) is 0 Å². The summed E-state index contributed by atoms with van der Waals surface area (Å²) in [4.78, 5) is 7.73. The lowest BCUT2D eigenvalue weighted by Crippen LogP contribution is -1.76. The summed E-state index contributed by atoms with van der Waals surface area (Å²) in [5.74, 6) is 0. The van der Waals surface area contributed by atoms with E-state index in [1.807, 2.05) is 19.1 Å². The maximum absolute atomic E-state index is 3.88. The maximum atomic E-state index is 3.88. The Morgan fingerprint density at radius 3 is 2.42 bits per heavy atom. The number of hydrogen-bond donors (Lipinski definition) is 0. The summed E-state index contributed by atoms with van der Waals surface area (Å²) in [5.41, 5.74) is 2.60. The topological polar surface area (TPSA) is 24.7 Å². The van der Waals surface area contributed by atoms with E-state index >= 15 is 0 Å². The van der Waals surface area contributed by atoms with Crippen molar-refractivity contribution in [2.24, 2.45) is 9.98 Å². The first-order valence-electron chi connectivity index (χ1n) is 3.42. The lowest BCUT2D eigenvalue weighted by Gasteiger charge is -2.03. The van der Waals surface area contributed by atoms with Gasteiger partial charge in [0.2, 0.25) is 0 Å². The third-order valence-corrected chi connectivity index (χ3v) is 2.03. The molecule has 2 nitrogen and oxygen atoms in total. The quantitative estimate of drug-likeness (QED) is 0.689. The lowest BCUT2D eigenvalue weighted by molar-refractivity contribution is 1.37. The Balaban J connectivity index is 3.43. The molecule has 0 fully saturated rings. The summed E-state index contributed by atoms with van der Waals surface area (Å²) in [7, 11) is 0. The molecule has 1 aromatic rings. The predicted octanol–water partition coefficient (Wildman–Crippen LogP) is 3.42. The van der Waals surface area contributed by atoms with Crippen LogP contribution in [0.5, 0.6) is 0 Å². The van der Waals surface area contributed by atoms with Crippen molar-refractivity contribution in [3.8, 4) is 0 Å². The molecule has 0 N–H and O–H groups in total. The van der Waals surface area contributed by atoms with Crippen LogP contribution in [0.1, 0.15) is 5.56 Å². The maximum Gasteiger partial charge on any atom is 0.0908 e. The van der Waals surface area contributed by atoms with Crippen molar-refractivity contribution in [3.63, 3.8) is 0 Å². The molecule has 0 aliphatic rings. The molecular weight excluding hydrogens is 216 g/mol. The Kier molecular flexibility index (Phi) is 2.76. The van der Waals surface area contributed by atoms with Crippen LogP contribution in [0.25, 0.3) is 0 Å². The SMILES string of the molecule is C=Nc1cc(Br)cc(C)c1N=C. The fraction of sp³-hybridized carbons (Fsp3) is 0.111. The standard InChI is InChI=1S/C9H9BrN2/c1-6-4-7(10)5-8(11-2)9(6)12-3/h4-5H,2-3H2,1H3. The van der Waals surface area contributed by atoms with Gasteiger partial charge in [-0.2, -0.15) is 0 Å². The zero-order valence-electron chi connectivity index (χ0n) is 6.84. The van der Waals surface area contributed by atoms with E-state index in [1.165, 1.54) is 0 Å². The number of aryl methyl sites for hydroxylation is 1. The van der Waals surface area contributed by atoms with Crippen LogP contribution in [0.3, 0.4) is 0 Å². The molecule has 12 heavy (non-hydrogen) atoms. The van der Waals surface area contributed by atoms with E-state index in [1.54, 1.807) is 0 Å². The number of hydrogen-bond acceptors (Lipinski definition) is 2. The number of nitrogens with zero attached hydrogens (tertiary/aromatic N) is 2. The van der Waals surface area contributed by atoms with Crippen molar-refractivity contribution in [2.75, 3.05) is 0 Å². The second-order valence-electron chi connectivity index (χ2n) is 2.41. The molecule has 0 amide bonds. The van der Waals surface area contributed by atoms with E-state index in [2.05, 4.69) is 39.3 Å². The highest BCUT2D eigenvalue weighted by molar-refractivity contribution is 9.10. The minimum atomic E-state index is 0.761. The summed E-state index contributed by atoms with van der Waals surface area (Å²) < 4.78 is 0.981. The molecule has 1 aromatic carbocycles. The molecule has 0 radical (unpaired) electrons. The van der Waals surface area contributed by atoms with Crippen molar-refractivity contribution >= 4 is 40.7 Å². The third-order valence-electron chi connectivity index (χ3n) is 1.57. The van der Waals surface area contributed by atoms with Crippen LogP contribution in [0.15, 0.2) is 26.6 Å². The molecule has 0 atom stereocenters. The molecule has 0 spiro atoms. The van der Waals surface area contributed by atoms with Crippen LogP contribution < -0.4 is 0 Å². The van der Waals surface area contributed by atoms with Gasteiger partial charge in [0.25, 0.3) is 0 Å². The summed E-state index contributed by atoms with van der Waals surface area (Å²) in [6.45, 7) is 8.90. The van der Waals surface area contributed by atoms with Crippen LogP contribution >= 0.6 is 15.9 Å². The molecule has 0 aromatic heterocycles. The summed E-state index contributed by atoms with van der Waals surface area (Å²) in [6, 6.07) is 3.84. The van der Waals surface area contributed by atoms with Gasteiger partial charge in [0.05, 0.1) is 11.4 Å². The monoisotopic (exact) mass is 224 g/mol. The molecule has 0 unspecified atom stereocenters. The van der Waals surface area contributed by atoms with Gasteiger partial charge in [-0.05, 0) is 38.1 Å². The van der Waals surface area contributed by atoms with Crippen molar-refractivity contribution in [3.05, 3.63) is 22.2 Å². The molecule has 0 saturated carbocycles. The summed E-state index contributed by atoms with van der Waals surface area (Å²) >= 11 is 3.37. The van der Waals surface area contributed by atoms with E-state index in [0.717, 1.165) is 21.4 Å². The fourth-order valence-electron chi connectivity index (χ4n) is 1.04. The van der Waals surface area contributed by atoms with Crippen molar-refractivity contribution in [1.29, 1.82) is 0 Å². The average molecular weight is 225 g/mol. The zero-order chi connectivity index (χ0) is 9.14. The first-order chi connectivity index (χ1) is 5.69. The first-order valence-corrected chi connectivity index (χ1v) is 4.22. The van der Waals surface area contributed by atoms with Crippen molar-refractivity contribution < 1.29 is 0 Å². The van der Waals surface area contributed by atoms with Crippen LogP contribution in [-0.4, -0.2) is 13.4 Å². The fourth-order valence-corrected chi connectivity index (χ4v) is 1.60. The number of halogens is 1. The Morgan fingerprint density at radius 1 is 1.25 bits per heavy atom. The van der Waals surface area contributed by atoms with Gasteiger partial charge in [-0.25, -0.2) is 0 Å². The highest BCUT2D eigenvalue weighted by Crippen LogP contribution is 2.33. The van der Waals surface area contributed by atoms with Crippen LogP contribution in [0.4, 0.5) is 11.4 Å². The molecule has 3 heteroatoms. The van der Waals surface area contributed by atoms with Gasteiger partial charge in [-0.3, -0.25) is 9.98 Å². The minimum absolute atomic E-state index is 0.761. The second-order valence-corrected chi connectivity index (χ2v) is 3.32. The summed E-state index contributed by atoms with van der Waals surface area (Å²) in [5, 5.41) is 0. The molecule has 0 heterocycles. The number of aliphatic imine (C=N–C) groups is 2. The Labute approximate surface area is 80.2 Å². The Bertz CT molecular complexity index is 332. The highest BCUT2D eigenvalue weighted by Gasteiger charge is 2.03. The molecule has 0 bridgehead atoms. The van der Waals surface area contributed by atoms with Crippen LogP contribution in [-0.2, 0) is 0 Å². The van der Waals surface area contributed by atoms with Crippen LogP contribution in [0.2, 0.25) is 0 Å². The molecule has 0 aliphatic heterocycles. The van der Waals surface area contributed by atoms with Gasteiger partial charge in [-0.1, -0.05) is 15.9 Å². The molecule has 62 valence electrons. The molecule has 0 aliphatic carbocycles. The summed E-state index contributed by atoms with van der Waals surface area (Å²) in [6.07, 6.45) is 0. The predicted molar refractivity (Wildman–Crippen MR) is 57.3 cm³/mol. The van der Waals surface area contributed by atoms with Gasteiger partial charge < -0.3 is 0 Å². The second kappa shape index (κ2) is 3.63. The number of rotatable bonds is 2. The smallest absolute Gasteiger partial charge is 0.0908 e. The van der Waals surface area contributed by atoms with Crippen molar-refractivity contribution in [1.82, 2.24) is 0 Å². The largest absolute Gasteiger partial charge is 0.262 e. The minimum Gasteiger partial charge on any atom is -0.262 e. The van der Waals surface area contributed by atoms with Gasteiger partial charge >= 0.3 is 0 Å². The van der Waals surface area contributed by atoms with Gasteiger partial charge in [-0.15, -0.1) is 0 Å². The molecule has 0 saturated heterocycles. The third kappa shape index (κ3) is 1.61. The average Bonchev–Trinajstić information content (AvgIpc) is 2.03.